The standard InChI is InChI=1S/C22H27BN6O4/c1-29-13-12-26-20(29)14-17(27-22(31)18-15-24-10-11-25-18)21(30)28-19(23(32)33)9-5-8-16-6-3-2-4-7-16/h2-4,6-7,10-13,15,17,19,32-33H,5,8-9,14H2,1H3,(H,27,31)(H,28,30)/t17-,19+/m1/s1. The van der Waals surface area contributed by atoms with E-state index in [1.807, 2.05) is 30.3 Å². The molecule has 3 aromatic rings. The third-order valence-corrected chi connectivity index (χ3v) is 5.24. The molecule has 3 rings (SSSR count). The van der Waals surface area contributed by atoms with Gasteiger partial charge in [-0.2, -0.15) is 0 Å². The molecule has 0 fully saturated rings. The van der Waals surface area contributed by atoms with Gasteiger partial charge >= 0.3 is 7.12 Å². The summed E-state index contributed by atoms with van der Waals surface area (Å²) in [7, 11) is 0.0419. The maximum Gasteiger partial charge on any atom is 0.475 e. The van der Waals surface area contributed by atoms with Gasteiger partial charge in [-0.05, 0) is 24.8 Å². The summed E-state index contributed by atoms with van der Waals surface area (Å²) in [5, 5.41) is 25.0. The molecule has 2 amide bonds. The number of carbonyl (C=O) groups is 2. The Balaban J connectivity index is 1.67. The minimum atomic E-state index is -1.74. The molecule has 0 saturated carbocycles. The third kappa shape index (κ3) is 7.23. The zero-order valence-corrected chi connectivity index (χ0v) is 18.3. The van der Waals surface area contributed by atoms with Gasteiger partial charge < -0.3 is 25.2 Å². The van der Waals surface area contributed by atoms with E-state index >= 15 is 0 Å². The van der Waals surface area contributed by atoms with E-state index in [0.29, 0.717) is 18.7 Å². The van der Waals surface area contributed by atoms with Crippen molar-refractivity contribution in [3.8, 4) is 0 Å². The van der Waals surface area contributed by atoms with Crippen molar-refractivity contribution < 1.29 is 19.6 Å². The zero-order valence-electron chi connectivity index (χ0n) is 18.3. The fourth-order valence-corrected chi connectivity index (χ4v) is 3.38. The number of imidazole rings is 1. The average molecular weight is 450 g/mol. The minimum Gasteiger partial charge on any atom is -0.426 e. The minimum absolute atomic E-state index is 0.0664. The van der Waals surface area contributed by atoms with Crippen LogP contribution in [-0.2, 0) is 24.7 Å². The molecular formula is C22H27BN6O4. The van der Waals surface area contributed by atoms with Gasteiger partial charge in [-0.25, -0.2) is 9.97 Å². The van der Waals surface area contributed by atoms with Crippen molar-refractivity contribution in [2.45, 2.75) is 37.7 Å². The van der Waals surface area contributed by atoms with Crippen molar-refractivity contribution in [3.05, 3.63) is 78.4 Å². The van der Waals surface area contributed by atoms with Crippen LogP contribution < -0.4 is 10.6 Å². The van der Waals surface area contributed by atoms with E-state index in [9.17, 15) is 19.6 Å². The quantitative estimate of drug-likeness (QED) is 0.303. The highest BCUT2D eigenvalue weighted by Gasteiger charge is 2.30. The van der Waals surface area contributed by atoms with Crippen molar-refractivity contribution in [2.75, 3.05) is 0 Å². The number of aromatic nitrogens is 4. The van der Waals surface area contributed by atoms with Crippen LogP contribution in [-0.4, -0.2) is 60.5 Å². The highest BCUT2D eigenvalue weighted by atomic mass is 16.4. The van der Waals surface area contributed by atoms with E-state index < -0.39 is 30.9 Å². The van der Waals surface area contributed by atoms with Gasteiger partial charge in [0.15, 0.2) is 0 Å². The molecule has 0 unspecified atom stereocenters. The molecule has 0 spiro atoms. The Bertz CT molecular complexity index is 1030. The molecule has 0 radical (unpaired) electrons. The molecule has 0 aliphatic rings. The van der Waals surface area contributed by atoms with E-state index in [-0.39, 0.29) is 12.1 Å². The SMILES string of the molecule is Cn1ccnc1C[C@@H](NC(=O)c1cnccn1)C(=O)N[C@@H](CCCc1ccccc1)B(O)O. The Morgan fingerprint density at radius 1 is 1.09 bits per heavy atom. The first-order valence-corrected chi connectivity index (χ1v) is 10.7. The number of benzene rings is 1. The molecule has 2 atom stereocenters. The predicted octanol–water partition coefficient (Wildman–Crippen LogP) is 0.0709. The summed E-state index contributed by atoms with van der Waals surface area (Å²) in [5.74, 6) is -1.42. The van der Waals surface area contributed by atoms with Gasteiger partial charge in [0.25, 0.3) is 5.91 Å². The van der Waals surface area contributed by atoms with Gasteiger partial charge in [-0.3, -0.25) is 14.6 Å². The van der Waals surface area contributed by atoms with Crippen LogP contribution in [0.15, 0.2) is 61.3 Å². The molecule has 2 aromatic heterocycles. The fourth-order valence-electron chi connectivity index (χ4n) is 3.38. The van der Waals surface area contributed by atoms with Gasteiger partial charge in [0, 0.05) is 38.3 Å². The number of nitrogens with one attached hydrogen (secondary N) is 2. The van der Waals surface area contributed by atoms with E-state index in [0.717, 1.165) is 12.0 Å². The summed E-state index contributed by atoms with van der Waals surface area (Å²) in [4.78, 5) is 37.7. The van der Waals surface area contributed by atoms with Gasteiger partial charge in [-0.1, -0.05) is 30.3 Å². The molecule has 1 aromatic carbocycles. The largest absolute Gasteiger partial charge is 0.475 e. The Morgan fingerprint density at radius 2 is 1.88 bits per heavy atom. The molecule has 11 heteroatoms. The van der Waals surface area contributed by atoms with Crippen LogP contribution in [0.5, 0.6) is 0 Å². The van der Waals surface area contributed by atoms with Crippen LogP contribution >= 0.6 is 0 Å². The normalized spacial score (nSPS) is 12.6. The van der Waals surface area contributed by atoms with Crippen molar-refractivity contribution in [3.63, 3.8) is 0 Å². The Morgan fingerprint density at radius 3 is 2.52 bits per heavy atom. The van der Waals surface area contributed by atoms with Crippen molar-refractivity contribution >= 4 is 18.9 Å². The number of hydrogen-bond donors (Lipinski definition) is 4. The lowest BCUT2D eigenvalue weighted by Gasteiger charge is -2.23. The second-order valence-corrected chi connectivity index (χ2v) is 7.68. The second-order valence-electron chi connectivity index (χ2n) is 7.68. The maximum atomic E-state index is 13.1. The highest BCUT2D eigenvalue weighted by Crippen LogP contribution is 2.09. The number of hydrogen-bond acceptors (Lipinski definition) is 7. The lowest BCUT2D eigenvalue weighted by molar-refractivity contribution is -0.123. The third-order valence-electron chi connectivity index (χ3n) is 5.24. The summed E-state index contributed by atoms with van der Waals surface area (Å²) in [6.45, 7) is 0. The number of aryl methyl sites for hydroxylation is 2. The monoisotopic (exact) mass is 450 g/mol. The van der Waals surface area contributed by atoms with Crippen LogP contribution in [0.4, 0.5) is 0 Å². The Kier molecular flexibility index (Phi) is 8.67. The first kappa shape index (κ1) is 24.1. The van der Waals surface area contributed by atoms with Crippen LogP contribution in [0.25, 0.3) is 0 Å². The van der Waals surface area contributed by atoms with Gasteiger partial charge in [0.1, 0.15) is 17.6 Å². The average Bonchev–Trinajstić information content (AvgIpc) is 3.23. The number of carbonyl (C=O) groups excluding carboxylic acids is 2. The number of nitrogens with zero attached hydrogens (tertiary/aromatic N) is 4. The topological polar surface area (TPSA) is 142 Å². The van der Waals surface area contributed by atoms with Crippen molar-refractivity contribution in [2.24, 2.45) is 7.05 Å². The summed E-state index contributed by atoms with van der Waals surface area (Å²) < 4.78 is 1.74. The molecule has 33 heavy (non-hydrogen) atoms. The van der Waals surface area contributed by atoms with E-state index in [2.05, 4.69) is 25.6 Å². The van der Waals surface area contributed by atoms with Crippen molar-refractivity contribution in [1.82, 2.24) is 30.2 Å². The zero-order chi connectivity index (χ0) is 23.6. The maximum absolute atomic E-state index is 13.1. The Labute approximate surface area is 192 Å². The predicted molar refractivity (Wildman–Crippen MR) is 122 cm³/mol. The first-order valence-electron chi connectivity index (χ1n) is 10.7. The van der Waals surface area contributed by atoms with Crippen LogP contribution in [0, 0.1) is 0 Å². The molecule has 0 saturated heterocycles. The number of amides is 2. The summed E-state index contributed by atoms with van der Waals surface area (Å²) >= 11 is 0. The van der Waals surface area contributed by atoms with Crippen LogP contribution in [0.3, 0.4) is 0 Å². The second kappa shape index (κ2) is 11.9. The molecule has 2 heterocycles. The van der Waals surface area contributed by atoms with E-state index in [4.69, 9.17) is 0 Å². The number of rotatable bonds is 11. The smallest absolute Gasteiger partial charge is 0.426 e. The molecule has 0 bridgehead atoms. The molecule has 10 nitrogen and oxygen atoms in total. The molecule has 0 aliphatic carbocycles. The highest BCUT2D eigenvalue weighted by molar-refractivity contribution is 6.43. The van der Waals surface area contributed by atoms with Gasteiger partial charge in [0.2, 0.25) is 5.91 Å². The summed E-state index contributed by atoms with van der Waals surface area (Å²) in [6, 6.07) is 8.80. The van der Waals surface area contributed by atoms with Crippen LogP contribution in [0.1, 0.15) is 34.7 Å². The lowest BCUT2D eigenvalue weighted by atomic mass is 9.76. The van der Waals surface area contributed by atoms with Gasteiger partial charge in [0.05, 0.1) is 12.1 Å². The summed E-state index contributed by atoms with van der Waals surface area (Å²) in [6.07, 6.45) is 9.30. The molecule has 172 valence electrons. The van der Waals surface area contributed by atoms with Crippen LogP contribution in [0.2, 0.25) is 0 Å². The lowest BCUT2D eigenvalue weighted by Crippen LogP contribution is -2.54. The van der Waals surface area contributed by atoms with Crippen molar-refractivity contribution in [1.29, 1.82) is 0 Å². The Hall–Kier alpha value is -3.57. The van der Waals surface area contributed by atoms with Gasteiger partial charge in [-0.15, -0.1) is 0 Å². The van der Waals surface area contributed by atoms with E-state index in [1.54, 1.807) is 24.0 Å². The molecule has 4 N–H and O–H groups in total. The van der Waals surface area contributed by atoms with E-state index in [1.165, 1.54) is 18.6 Å². The first-order chi connectivity index (χ1) is 15.9. The molecular weight excluding hydrogens is 423 g/mol. The summed E-state index contributed by atoms with van der Waals surface area (Å²) in [5.41, 5.74) is 1.19. The molecule has 0 aliphatic heterocycles. The fraction of sp³-hybridized carbons (Fsp3) is 0.318.